The van der Waals surface area contributed by atoms with Crippen molar-refractivity contribution in [2.24, 2.45) is 5.73 Å². The van der Waals surface area contributed by atoms with Gasteiger partial charge in [0.25, 0.3) is 0 Å². The first-order valence-electron chi connectivity index (χ1n) is 4.67. The zero-order chi connectivity index (χ0) is 9.71. The second-order valence-corrected chi connectivity index (χ2v) is 4.57. The van der Waals surface area contributed by atoms with Gasteiger partial charge in [0.2, 0.25) is 0 Å². The molecule has 0 saturated carbocycles. The van der Waals surface area contributed by atoms with Gasteiger partial charge in [0, 0.05) is 11.0 Å². The van der Waals surface area contributed by atoms with E-state index in [1.807, 2.05) is 12.1 Å². The Bertz CT molecular complexity index is 503. The first kappa shape index (κ1) is 8.44. The number of hydrogen-bond acceptors (Lipinski definition) is 2. The summed E-state index contributed by atoms with van der Waals surface area (Å²) in [5.74, 6) is 1.03. The molecule has 2 heterocycles. The molecule has 3 nitrogen and oxygen atoms in total. The van der Waals surface area contributed by atoms with Crippen LogP contribution in [0.1, 0.15) is 18.3 Å². The van der Waals surface area contributed by atoms with Crippen molar-refractivity contribution in [2.45, 2.75) is 19.0 Å². The molecule has 1 aliphatic heterocycles. The zero-order valence-electron chi connectivity index (χ0n) is 7.57. The third kappa shape index (κ3) is 1.04. The van der Waals surface area contributed by atoms with Gasteiger partial charge in [-0.25, -0.2) is 4.98 Å². The highest BCUT2D eigenvalue weighted by molar-refractivity contribution is 9.10. The maximum Gasteiger partial charge on any atom is 0.126 e. The average Bonchev–Trinajstić information content (AvgIpc) is 2.66. The maximum atomic E-state index is 5.95. The summed E-state index contributed by atoms with van der Waals surface area (Å²) in [4.78, 5) is 4.54. The molecule has 0 fully saturated rings. The minimum Gasteiger partial charge on any atom is -0.327 e. The summed E-state index contributed by atoms with van der Waals surface area (Å²) in [6.45, 7) is 0.995. The fraction of sp³-hybridized carbons (Fsp3) is 0.300. The minimum atomic E-state index is 0.112. The van der Waals surface area contributed by atoms with Gasteiger partial charge < -0.3 is 10.3 Å². The monoisotopic (exact) mass is 251 g/mol. The number of nitrogens with two attached hydrogens (primary N) is 1. The Kier molecular flexibility index (Phi) is 1.69. The van der Waals surface area contributed by atoms with E-state index < -0.39 is 0 Å². The molecule has 2 N–H and O–H groups in total. The van der Waals surface area contributed by atoms with Gasteiger partial charge in [0.1, 0.15) is 5.82 Å². The summed E-state index contributed by atoms with van der Waals surface area (Å²) in [6.07, 6.45) is 1.01. The highest BCUT2D eigenvalue weighted by Gasteiger charge is 2.22. The molecule has 0 aliphatic carbocycles. The first-order valence-corrected chi connectivity index (χ1v) is 5.46. The van der Waals surface area contributed by atoms with E-state index >= 15 is 0 Å². The van der Waals surface area contributed by atoms with Gasteiger partial charge in [-0.2, -0.15) is 0 Å². The smallest absolute Gasteiger partial charge is 0.126 e. The summed E-state index contributed by atoms with van der Waals surface area (Å²) in [5.41, 5.74) is 8.18. The summed E-state index contributed by atoms with van der Waals surface area (Å²) >= 11 is 3.44. The highest BCUT2D eigenvalue weighted by atomic mass is 79.9. The number of benzene rings is 1. The standard InChI is InChI=1S/C10H10BrN3/c11-6-1-2-9-8(5-6)13-10-7(12)3-4-14(9)10/h1-2,5,7H,3-4,12H2. The molecule has 14 heavy (non-hydrogen) atoms. The van der Waals surface area contributed by atoms with Crippen LogP contribution in [0.3, 0.4) is 0 Å². The molecule has 1 aliphatic rings. The molecule has 0 spiro atoms. The lowest BCUT2D eigenvalue weighted by Crippen LogP contribution is -2.06. The van der Waals surface area contributed by atoms with Gasteiger partial charge in [-0.15, -0.1) is 0 Å². The van der Waals surface area contributed by atoms with Crippen LogP contribution >= 0.6 is 15.9 Å². The number of aromatic nitrogens is 2. The molecule has 1 unspecified atom stereocenters. The van der Waals surface area contributed by atoms with Gasteiger partial charge in [-0.1, -0.05) is 15.9 Å². The molecule has 4 heteroatoms. The van der Waals surface area contributed by atoms with Gasteiger partial charge in [0.05, 0.1) is 17.1 Å². The Morgan fingerprint density at radius 1 is 1.50 bits per heavy atom. The van der Waals surface area contributed by atoms with E-state index in [-0.39, 0.29) is 6.04 Å². The van der Waals surface area contributed by atoms with Crippen LogP contribution in [-0.2, 0) is 6.54 Å². The second kappa shape index (κ2) is 2.81. The van der Waals surface area contributed by atoms with Crippen LogP contribution in [0, 0.1) is 0 Å². The van der Waals surface area contributed by atoms with Crippen molar-refractivity contribution >= 4 is 27.0 Å². The zero-order valence-corrected chi connectivity index (χ0v) is 9.16. The van der Waals surface area contributed by atoms with Crippen molar-refractivity contribution in [3.8, 4) is 0 Å². The number of rotatable bonds is 0. The molecule has 0 bridgehead atoms. The van der Waals surface area contributed by atoms with E-state index in [2.05, 4.69) is 31.5 Å². The quantitative estimate of drug-likeness (QED) is 0.781. The largest absolute Gasteiger partial charge is 0.327 e. The van der Waals surface area contributed by atoms with Crippen LogP contribution in [0.4, 0.5) is 0 Å². The highest BCUT2D eigenvalue weighted by Crippen LogP contribution is 2.29. The van der Waals surface area contributed by atoms with Crippen LogP contribution < -0.4 is 5.73 Å². The predicted molar refractivity (Wildman–Crippen MR) is 59.0 cm³/mol. The van der Waals surface area contributed by atoms with Crippen molar-refractivity contribution in [1.29, 1.82) is 0 Å². The third-order valence-corrected chi connectivity index (χ3v) is 3.23. The molecular weight excluding hydrogens is 242 g/mol. The Hall–Kier alpha value is -0.870. The number of imidazole rings is 1. The number of halogens is 1. The molecule has 0 radical (unpaired) electrons. The molecule has 0 saturated heterocycles. The van der Waals surface area contributed by atoms with Gasteiger partial charge in [0.15, 0.2) is 0 Å². The van der Waals surface area contributed by atoms with Crippen molar-refractivity contribution in [3.05, 3.63) is 28.5 Å². The molecule has 1 atom stereocenters. The fourth-order valence-corrected chi connectivity index (χ4v) is 2.39. The molecule has 1 aromatic carbocycles. The van der Waals surface area contributed by atoms with Crippen LogP contribution in [-0.4, -0.2) is 9.55 Å². The number of hydrogen-bond donors (Lipinski definition) is 1. The molecule has 72 valence electrons. The maximum absolute atomic E-state index is 5.95. The van der Waals surface area contributed by atoms with Crippen LogP contribution in [0.25, 0.3) is 11.0 Å². The Morgan fingerprint density at radius 2 is 2.36 bits per heavy atom. The van der Waals surface area contributed by atoms with Gasteiger partial charge >= 0.3 is 0 Å². The Balaban J connectivity index is 2.34. The summed E-state index contributed by atoms with van der Waals surface area (Å²) in [7, 11) is 0. The van der Waals surface area contributed by atoms with E-state index in [0.717, 1.165) is 28.8 Å². The molecular formula is C10H10BrN3. The van der Waals surface area contributed by atoms with E-state index in [9.17, 15) is 0 Å². The van der Waals surface area contributed by atoms with Crippen LogP contribution in [0.5, 0.6) is 0 Å². The second-order valence-electron chi connectivity index (χ2n) is 3.65. The first-order chi connectivity index (χ1) is 6.75. The summed E-state index contributed by atoms with van der Waals surface area (Å²) < 4.78 is 3.28. The lowest BCUT2D eigenvalue weighted by atomic mass is 10.2. The molecule has 3 rings (SSSR count). The van der Waals surface area contributed by atoms with E-state index in [0.29, 0.717) is 0 Å². The van der Waals surface area contributed by atoms with Crippen molar-refractivity contribution in [3.63, 3.8) is 0 Å². The lowest BCUT2D eigenvalue weighted by molar-refractivity contribution is 0.685. The van der Waals surface area contributed by atoms with E-state index in [1.165, 1.54) is 5.52 Å². The van der Waals surface area contributed by atoms with Crippen molar-refractivity contribution in [1.82, 2.24) is 9.55 Å². The Labute approximate surface area is 90.0 Å². The van der Waals surface area contributed by atoms with Gasteiger partial charge in [-0.05, 0) is 24.6 Å². The average molecular weight is 252 g/mol. The van der Waals surface area contributed by atoms with Crippen LogP contribution in [0.15, 0.2) is 22.7 Å². The Morgan fingerprint density at radius 3 is 3.21 bits per heavy atom. The SMILES string of the molecule is NC1CCn2c1nc1cc(Br)ccc12. The minimum absolute atomic E-state index is 0.112. The summed E-state index contributed by atoms with van der Waals surface area (Å²) in [5, 5.41) is 0. The van der Waals surface area contributed by atoms with E-state index in [1.54, 1.807) is 0 Å². The van der Waals surface area contributed by atoms with E-state index in [4.69, 9.17) is 5.73 Å². The topological polar surface area (TPSA) is 43.8 Å². The molecule has 1 aromatic heterocycles. The number of nitrogens with zero attached hydrogens (tertiary/aromatic N) is 2. The molecule has 0 amide bonds. The van der Waals surface area contributed by atoms with Crippen LogP contribution in [0.2, 0.25) is 0 Å². The normalized spacial score (nSPS) is 20.3. The number of fused-ring (bicyclic) bond motifs is 3. The molecule has 2 aromatic rings. The van der Waals surface area contributed by atoms with Gasteiger partial charge in [-0.3, -0.25) is 0 Å². The lowest BCUT2D eigenvalue weighted by Gasteiger charge is -1.97. The van der Waals surface area contributed by atoms with Crippen molar-refractivity contribution in [2.75, 3.05) is 0 Å². The van der Waals surface area contributed by atoms with Crippen molar-refractivity contribution < 1.29 is 0 Å². The number of aryl methyl sites for hydroxylation is 1. The predicted octanol–water partition coefficient (Wildman–Crippen LogP) is 2.20. The summed E-state index contributed by atoms with van der Waals surface area (Å²) in [6, 6.07) is 6.28. The fourth-order valence-electron chi connectivity index (χ4n) is 2.04. The third-order valence-electron chi connectivity index (χ3n) is 2.74.